The Morgan fingerprint density at radius 2 is 2.11 bits per heavy atom. The third kappa shape index (κ3) is 3.67. The van der Waals surface area contributed by atoms with E-state index in [-0.39, 0.29) is 11.9 Å². The van der Waals surface area contributed by atoms with Crippen LogP contribution in [0.3, 0.4) is 0 Å². The van der Waals surface area contributed by atoms with Crippen molar-refractivity contribution in [3.63, 3.8) is 0 Å². The highest BCUT2D eigenvalue weighted by molar-refractivity contribution is 5.78. The van der Waals surface area contributed by atoms with Crippen LogP contribution in [-0.2, 0) is 9.53 Å². The molecule has 2 fully saturated rings. The largest absolute Gasteiger partial charge is 0.389 e. The molecule has 0 unspecified atom stereocenters. The van der Waals surface area contributed by atoms with Gasteiger partial charge in [-0.3, -0.25) is 9.69 Å². The Morgan fingerprint density at radius 1 is 1.39 bits per heavy atom. The van der Waals surface area contributed by atoms with E-state index in [1.54, 1.807) is 0 Å². The molecule has 2 atom stereocenters. The minimum absolute atomic E-state index is 0.00958. The van der Waals surface area contributed by atoms with Gasteiger partial charge in [-0.05, 0) is 26.3 Å². The van der Waals surface area contributed by atoms with Crippen molar-refractivity contribution in [3.8, 4) is 0 Å². The summed E-state index contributed by atoms with van der Waals surface area (Å²) >= 11 is 0. The van der Waals surface area contributed by atoms with Gasteiger partial charge in [-0.25, -0.2) is 0 Å². The van der Waals surface area contributed by atoms with Crippen molar-refractivity contribution in [3.05, 3.63) is 0 Å². The van der Waals surface area contributed by atoms with E-state index in [1.807, 2.05) is 7.05 Å². The Morgan fingerprint density at radius 3 is 2.78 bits per heavy atom. The smallest absolute Gasteiger partial charge is 0.234 e. The van der Waals surface area contributed by atoms with Gasteiger partial charge in [0.05, 0.1) is 25.3 Å². The van der Waals surface area contributed by atoms with Crippen molar-refractivity contribution in [1.82, 2.24) is 10.2 Å². The van der Waals surface area contributed by atoms with Gasteiger partial charge in [0.15, 0.2) is 0 Å². The van der Waals surface area contributed by atoms with Gasteiger partial charge in [-0.1, -0.05) is 12.8 Å². The summed E-state index contributed by atoms with van der Waals surface area (Å²) in [5, 5.41) is 12.6. The molecule has 0 bridgehead atoms. The van der Waals surface area contributed by atoms with Gasteiger partial charge in [0.1, 0.15) is 0 Å². The molecule has 1 aliphatic heterocycles. The topological polar surface area (TPSA) is 61.8 Å². The summed E-state index contributed by atoms with van der Waals surface area (Å²) in [6.45, 7) is 1.36. The Hall–Kier alpha value is -0.650. The van der Waals surface area contributed by atoms with Crippen LogP contribution >= 0.6 is 0 Å². The molecule has 0 aromatic heterocycles. The van der Waals surface area contributed by atoms with Crippen LogP contribution in [0.4, 0.5) is 0 Å². The van der Waals surface area contributed by atoms with Gasteiger partial charge in [-0.15, -0.1) is 0 Å². The molecule has 18 heavy (non-hydrogen) atoms. The van der Waals surface area contributed by atoms with Gasteiger partial charge in [0, 0.05) is 12.6 Å². The Bertz CT molecular complexity index is 279. The molecule has 0 aromatic rings. The molecular weight excluding hydrogens is 232 g/mol. The first kappa shape index (κ1) is 13.8. The summed E-state index contributed by atoms with van der Waals surface area (Å²) in [5.74, 6) is 0.00958. The maximum atomic E-state index is 11.9. The van der Waals surface area contributed by atoms with Gasteiger partial charge >= 0.3 is 0 Å². The van der Waals surface area contributed by atoms with Crippen LogP contribution in [0.15, 0.2) is 0 Å². The molecule has 1 heterocycles. The maximum Gasteiger partial charge on any atom is 0.234 e. The molecule has 2 aliphatic rings. The number of aliphatic hydroxyl groups excluding tert-OH is 1. The van der Waals surface area contributed by atoms with E-state index in [0.29, 0.717) is 32.2 Å². The number of aliphatic hydroxyl groups is 1. The number of amides is 1. The number of ether oxygens (including phenoxy) is 1. The number of nitrogens with one attached hydrogen (secondary N) is 1. The molecule has 104 valence electrons. The zero-order valence-electron chi connectivity index (χ0n) is 11.1. The molecule has 0 radical (unpaired) electrons. The summed E-state index contributed by atoms with van der Waals surface area (Å²) in [4.78, 5) is 14.1. The number of carbonyl (C=O) groups is 1. The number of rotatable bonds is 4. The standard InChI is InChI=1S/C13H24N2O3/c1-15(10-4-2-3-5-10)8-13(17)14-11-6-7-18-9-12(11)16/h10-12,16H,2-9H2,1H3,(H,14,17)/t11-,12-/m1/s1. The lowest BCUT2D eigenvalue weighted by atomic mass is 10.1. The SMILES string of the molecule is CN(CC(=O)N[C@@H]1CCOC[C@H]1O)C1CCCC1. The predicted octanol–water partition coefficient (Wildman–Crippen LogP) is 0.127. The highest BCUT2D eigenvalue weighted by Gasteiger charge is 2.26. The van der Waals surface area contributed by atoms with Crippen LogP contribution in [0.5, 0.6) is 0 Å². The van der Waals surface area contributed by atoms with Gasteiger partial charge in [0.2, 0.25) is 5.91 Å². The molecule has 0 spiro atoms. The van der Waals surface area contributed by atoms with Crippen molar-refractivity contribution in [2.24, 2.45) is 0 Å². The van der Waals surface area contributed by atoms with Crippen LogP contribution in [0, 0.1) is 0 Å². The highest BCUT2D eigenvalue weighted by atomic mass is 16.5. The summed E-state index contributed by atoms with van der Waals surface area (Å²) in [7, 11) is 2.01. The second-order valence-electron chi connectivity index (χ2n) is 5.46. The van der Waals surface area contributed by atoms with Crippen LogP contribution in [0.1, 0.15) is 32.1 Å². The zero-order valence-corrected chi connectivity index (χ0v) is 11.1. The van der Waals surface area contributed by atoms with E-state index in [1.165, 1.54) is 25.7 Å². The minimum Gasteiger partial charge on any atom is -0.389 e. The van der Waals surface area contributed by atoms with E-state index in [2.05, 4.69) is 10.2 Å². The van der Waals surface area contributed by atoms with Crippen molar-refractivity contribution in [2.75, 3.05) is 26.8 Å². The molecule has 1 saturated heterocycles. The first-order valence-electron chi connectivity index (χ1n) is 6.92. The van der Waals surface area contributed by atoms with Crippen LogP contribution in [-0.4, -0.2) is 60.9 Å². The average molecular weight is 256 g/mol. The van der Waals surface area contributed by atoms with Crippen LogP contribution in [0.2, 0.25) is 0 Å². The van der Waals surface area contributed by atoms with E-state index >= 15 is 0 Å². The summed E-state index contributed by atoms with van der Waals surface area (Å²) < 4.78 is 5.14. The van der Waals surface area contributed by atoms with Crippen molar-refractivity contribution in [2.45, 2.75) is 50.3 Å². The number of carbonyl (C=O) groups excluding carboxylic acids is 1. The van der Waals surface area contributed by atoms with E-state index in [0.717, 1.165) is 0 Å². The number of nitrogens with zero attached hydrogens (tertiary/aromatic N) is 1. The Balaban J connectivity index is 1.73. The Kier molecular flexibility index (Phi) is 4.97. The number of likely N-dealkylation sites (N-methyl/N-ethyl adjacent to an activating group) is 1. The van der Waals surface area contributed by atoms with E-state index < -0.39 is 6.10 Å². The second-order valence-corrected chi connectivity index (χ2v) is 5.46. The zero-order chi connectivity index (χ0) is 13.0. The molecule has 2 N–H and O–H groups in total. The lowest BCUT2D eigenvalue weighted by molar-refractivity contribution is -0.125. The monoisotopic (exact) mass is 256 g/mol. The first-order chi connectivity index (χ1) is 8.66. The quantitative estimate of drug-likeness (QED) is 0.750. The van der Waals surface area contributed by atoms with Crippen LogP contribution in [0.25, 0.3) is 0 Å². The lowest BCUT2D eigenvalue weighted by Gasteiger charge is -2.30. The molecule has 5 heteroatoms. The second kappa shape index (κ2) is 6.50. The minimum atomic E-state index is -0.570. The summed E-state index contributed by atoms with van der Waals surface area (Å²) in [6, 6.07) is 0.401. The van der Waals surface area contributed by atoms with Gasteiger partial charge in [0.25, 0.3) is 0 Å². The Labute approximate surface area is 108 Å². The third-order valence-corrected chi connectivity index (χ3v) is 4.01. The molecule has 1 aliphatic carbocycles. The number of hydrogen-bond donors (Lipinski definition) is 2. The normalized spacial score (nSPS) is 29.7. The summed E-state index contributed by atoms with van der Waals surface area (Å²) in [5.41, 5.74) is 0. The van der Waals surface area contributed by atoms with Crippen molar-refractivity contribution >= 4 is 5.91 Å². The molecule has 1 amide bonds. The summed E-state index contributed by atoms with van der Waals surface area (Å²) in [6.07, 6.45) is 5.07. The van der Waals surface area contributed by atoms with Crippen molar-refractivity contribution < 1.29 is 14.6 Å². The fourth-order valence-electron chi connectivity index (χ4n) is 2.84. The van der Waals surface area contributed by atoms with E-state index in [4.69, 9.17) is 4.74 Å². The average Bonchev–Trinajstić information content (AvgIpc) is 2.85. The lowest BCUT2D eigenvalue weighted by Crippen LogP contribution is -2.51. The predicted molar refractivity (Wildman–Crippen MR) is 68.3 cm³/mol. The maximum absolute atomic E-state index is 11.9. The van der Waals surface area contributed by atoms with Gasteiger partial charge in [-0.2, -0.15) is 0 Å². The van der Waals surface area contributed by atoms with Crippen LogP contribution < -0.4 is 5.32 Å². The molecule has 1 saturated carbocycles. The molecular formula is C13H24N2O3. The third-order valence-electron chi connectivity index (χ3n) is 4.01. The van der Waals surface area contributed by atoms with Gasteiger partial charge < -0.3 is 15.2 Å². The molecule has 0 aromatic carbocycles. The highest BCUT2D eigenvalue weighted by Crippen LogP contribution is 2.22. The fourth-order valence-corrected chi connectivity index (χ4v) is 2.84. The van der Waals surface area contributed by atoms with Crippen molar-refractivity contribution in [1.29, 1.82) is 0 Å². The number of hydrogen-bond acceptors (Lipinski definition) is 4. The van der Waals surface area contributed by atoms with E-state index in [9.17, 15) is 9.90 Å². The molecule has 5 nitrogen and oxygen atoms in total. The first-order valence-corrected chi connectivity index (χ1v) is 6.92. The molecule has 2 rings (SSSR count). The fraction of sp³-hybridized carbons (Fsp3) is 0.923.